The normalized spacial score (nSPS) is 12.1. The Morgan fingerprint density at radius 1 is 1.77 bits per heavy atom. The van der Waals surface area contributed by atoms with E-state index in [9.17, 15) is 4.79 Å². The maximum atomic E-state index is 10.5. The number of hydrogen-bond donors (Lipinski definition) is 1. The van der Waals surface area contributed by atoms with Gasteiger partial charge < -0.3 is 10.5 Å². The van der Waals surface area contributed by atoms with Crippen molar-refractivity contribution in [3.8, 4) is 6.07 Å². The second kappa shape index (κ2) is 3.27. The smallest absolute Gasteiger partial charge is 0.144 e. The number of anilines is 1. The summed E-state index contributed by atoms with van der Waals surface area (Å²) in [5, 5.41) is 12.7. The summed E-state index contributed by atoms with van der Waals surface area (Å²) in [5.41, 5.74) is 6.50. The van der Waals surface area contributed by atoms with Crippen LogP contribution in [0.5, 0.6) is 0 Å². The Morgan fingerprint density at radius 2 is 2.38 bits per heavy atom. The van der Waals surface area contributed by atoms with Crippen LogP contribution in [0, 0.1) is 18.3 Å². The van der Waals surface area contributed by atoms with E-state index < -0.39 is 6.04 Å². The van der Waals surface area contributed by atoms with Crippen LogP contribution < -0.4 is 5.73 Å². The van der Waals surface area contributed by atoms with Crippen LogP contribution in [0.2, 0.25) is 0 Å². The molecule has 0 bridgehead atoms. The van der Waals surface area contributed by atoms with Gasteiger partial charge in [0.1, 0.15) is 29.8 Å². The van der Waals surface area contributed by atoms with Gasteiger partial charge in [0.15, 0.2) is 0 Å². The first-order valence-corrected chi connectivity index (χ1v) is 3.81. The monoisotopic (exact) mass is 178 g/mol. The Labute approximate surface area is 75.8 Å². The predicted molar refractivity (Wildman–Crippen MR) is 46.9 cm³/mol. The Bertz CT molecular complexity index is 374. The predicted octanol–water partition coefficient (Wildman–Crippen LogP) is 0.405. The van der Waals surface area contributed by atoms with Crippen molar-refractivity contribution in [2.24, 2.45) is 0 Å². The molecular weight excluding hydrogens is 168 g/mol. The second-order valence-electron chi connectivity index (χ2n) is 2.78. The lowest BCUT2D eigenvalue weighted by Crippen LogP contribution is -2.11. The van der Waals surface area contributed by atoms with Gasteiger partial charge in [-0.05, 0) is 13.8 Å². The third kappa shape index (κ3) is 1.38. The number of aldehydes is 1. The van der Waals surface area contributed by atoms with E-state index in [2.05, 4.69) is 5.10 Å². The maximum Gasteiger partial charge on any atom is 0.144 e. The van der Waals surface area contributed by atoms with Crippen molar-refractivity contribution in [2.75, 3.05) is 5.73 Å². The van der Waals surface area contributed by atoms with Gasteiger partial charge in [-0.2, -0.15) is 10.4 Å². The molecule has 0 aliphatic carbocycles. The fourth-order valence-electron chi connectivity index (χ4n) is 1.07. The molecule has 0 spiro atoms. The molecule has 0 aliphatic rings. The number of aryl methyl sites for hydroxylation is 1. The summed E-state index contributed by atoms with van der Waals surface area (Å²) >= 11 is 0. The summed E-state index contributed by atoms with van der Waals surface area (Å²) < 4.78 is 1.35. The first-order chi connectivity index (χ1) is 6.11. The molecule has 0 radical (unpaired) electrons. The molecule has 1 heterocycles. The Kier molecular flexibility index (Phi) is 2.33. The van der Waals surface area contributed by atoms with Crippen LogP contribution in [-0.2, 0) is 4.79 Å². The number of nitrogens with two attached hydrogens (primary N) is 1. The van der Waals surface area contributed by atoms with Crippen molar-refractivity contribution in [1.82, 2.24) is 9.78 Å². The summed E-state index contributed by atoms with van der Waals surface area (Å²) in [5.74, 6) is 0.250. The van der Waals surface area contributed by atoms with Gasteiger partial charge in [0.05, 0.1) is 5.69 Å². The highest BCUT2D eigenvalue weighted by Gasteiger charge is 2.15. The molecule has 1 aromatic heterocycles. The largest absolute Gasteiger partial charge is 0.383 e. The minimum absolute atomic E-state index is 0.250. The maximum absolute atomic E-state index is 10.5. The molecule has 0 fully saturated rings. The van der Waals surface area contributed by atoms with Crippen LogP contribution in [0.1, 0.15) is 24.2 Å². The lowest BCUT2D eigenvalue weighted by molar-refractivity contribution is -0.110. The zero-order chi connectivity index (χ0) is 10.0. The van der Waals surface area contributed by atoms with E-state index in [1.54, 1.807) is 13.8 Å². The Balaban J connectivity index is 3.27. The summed E-state index contributed by atoms with van der Waals surface area (Å²) in [6.07, 6.45) is 0.726. The number of aromatic nitrogens is 2. The number of carbonyl (C=O) groups excluding carboxylic acids is 1. The van der Waals surface area contributed by atoms with Crippen molar-refractivity contribution in [3.63, 3.8) is 0 Å². The van der Waals surface area contributed by atoms with Gasteiger partial charge in [-0.3, -0.25) is 0 Å². The van der Waals surface area contributed by atoms with E-state index in [1.807, 2.05) is 6.07 Å². The third-order valence-electron chi connectivity index (χ3n) is 1.82. The van der Waals surface area contributed by atoms with E-state index in [-0.39, 0.29) is 5.82 Å². The van der Waals surface area contributed by atoms with Crippen LogP contribution >= 0.6 is 0 Å². The number of nitrogens with zero attached hydrogens (tertiary/aromatic N) is 3. The van der Waals surface area contributed by atoms with Crippen LogP contribution in [0.15, 0.2) is 0 Å². The molecule has 1 unspecified atom stereocenters. The first kappa shape index (κ1) is 9.26. The van der Waals surface area contributed by atoms with Gasteiger partial charge in [0.2, 0.25) is 0 Å². The molecule has 1 atom stereocenters. The molecule has 0 aromatic carbocycles. The topological polar surface area (TPSA) is 84.7 Å². The highest BCUT2D eigenvalue weighted by molar-refractivity contribution is 5.59. The van der Waals surface area contributed by atoms with Crippen LogP contribution in [0.3, 0.4) is 0 Å². The van der Waals surface area contributed by atoms with Gasteiger partial charge in [-0.25, -0.2) is 4.68 Å². The van der Waals surface area contributed by atoms with Crippen molar-refractivity contribution in [3.05, 3.63) is 11.3 Å². The Morgan fingerprint density at radius 3 is 2.77 bits per heavy atom. The molecule has 1 aromatic rings. The minimum atomic E-state index is -0.430. The standard InChI is InChI=1S/C8H10N4O/c1-5(4-13)12-8(10)7(3-9)6(2)11-12/h4-5H,10H2,1-2H3. The van der Waals surface area contributed by atoms with Crippen molar-refractivity contribution in [1.29, 1.82) is 5.26 Å². The number of hydrogen-bond acceptors (Lipinski definition) is 4. The van der Waals surface area contributed by atoms with Gasteiger partial charge in [-0.1, -0.05) is 0 Å². The zero-order valence-electron chi connectivity index (χ0n) is 7.48. The lowest BCUT2D eigenvalue weighted by atomic mass is 10.2. The molecule has 0 saturated heterocycles. The molecule has 13 heavy (non-hydrogen) atoms. The van der Waals surface area contributed by atoms with Crippen molar-refractivity contribution >= 4 is 12.1 Å². The quantitative estimate of drug-likeness (QED) is 0.664. The molecule has 68 valence electrons. The summed E-state index contributed by atoms with van der Waals surface area (Å²) in [6, 6.07) is 1.51. The van der Waals surface area contributed by atoms with Crippen LogP contribution in [0.4, 0.5) is 5.82 Å². The van der Waals surface area contributed by atoms with Crippen LogP contribution in [0.25, 0.3) is 0 Å². The number of nitriles is 1. The molecule has 0 saturated carbocycles. The number of rotatable bonds is 2. The fraction of sp³-hybridized carbons (Fsp3) is 0.375. The average Bonchev–Trinajstić information content (AvgIpc) is 2.40. The molecule has 5 nitrogen and oxygen atoms in total. The van der Waals surface area contributed by atoms with E-state index in [1.165, 1.54) is 4.68 Å². The van der Waals surface area contributed by atoms with Crippen molar-refractivity contribution in [2.45, 2.75) is 19.9 Å². The average molecular weight is 178 g/mol. The molecule has 0 amide bonds. The van der Waals surface area contributed by atoms with Gasteiger partial charge in [0.25, 0.3) is 0 Å². The summed E-state index contributed by atoms with van der Waals surface area (Å²) in [7, 11) is 0. The number of carbonyl (C=O) groups is 1. The summed E-state index contributed by atoms with van der Waals surface area (Å²) in [4.78, 5) is 10.5. The third-order valence-corrected chi connectivity index (χ3v) is 1.82. The summed E-state index contributed by atoms with van der Waals surface area (Å²) in [6.45, 7) is 3.35. The molecule has 1 rings (SSSR count). The van der Waals surface area contributed by atoms with E-state index in [0.717, 1.165) is 6.29 Å². The zero-order valence-corrected chi connectivity index (χ0v) is 7.48. The van der Waals surface area contributed by atoms with Gasteiger partial charge in [0, 0.05) is 0 Å². The Hall–Kier alpha value is -1.83. The lowest BCUT2D eigenvalue weighted by Gasteiger charge is -2.05. The SMILES string of the molecule is Cc1nn(C(C)C=O)c(N)c1C#N. The fourth-order valence-corrected chi connectivity index (χ4v) is 1.07. The van der Waals surface area contributed by atoms with Gasteiger partial charge >= 0.3 is 0 Å². The van der Waals surface area contributed by atoms with Crippen LogP contribution in [-0.4, -0.2) is 16.1 Å². The highest BCUT2D eigenvalue weighted by Crippen LogP contribution is 2.17. The molecule has 0 aliphatic heterocycles. The second-order valence-corrected chi connectivity index (χ2v) is 2.78. The molecule has 5 heteroatoms. The molecule has 2 N–H and O–H groups in total. The van der Waals surface area contributed by atoms with E-state index in [4.69, 9.17) is 11.0 Å². The highest BCUT2D eigenvalue weighted by atomic mass is 16.1. The minimum Gasteiger partial charge on any atom is -0.383 e. The first-order valence-electron chi connectivity index (χ1n) is 3.81. The van der Waals surface area contributed by atoms with E-state index >= 15 is 0 Å². The van der Waals surface area contributed by atoms with Crippen molar-refractivity contribution < 1.29 is 4.79 Å². The number of nitrogen functional groups attached to an aromatic ring is 1. The van der Waals surface area contributed by atoms with Gasteiger partial charge in [-0.15, -0.1) is 0 Å². The molecular formula is C8H10N4O. The van der Waals surface area contributed by atoms with E-state index in [0.29, 0.717) is 11.3 Å².